The molecule has 0 aliphatic carbocycles. The number of hydrogen-bond donors (Lipinski definition) is 3. The second-order valence-electron chi connectivity index (χ2n) is 5.36. The number of carbonyl (C=O) groups excluding carboxylic acids is 1. The molecule has 0 aliphatic heterocycles. The highest BCUT2D eigenvalue weighted by Gasteiger charge is 2.20. The smallest absolute Gasteiger partial charge is 0.269 e. The van der Waals surface area contributed by atoms with Crippen LogP contribution in [-0.4, -0.2) is 29.3 Å². The highest BCUT2D eigenvalue weighted by atomic mass is 32.2. The number of sulfonamides is 1. The van der Waals surface area contributed by atoms with Crippen molar-refractivity contribution in [1.29, 1.82) is 0 Å². The van der Waals surface area contributed by atoms with Crippen LogP contribution in [-0.2, 0) is 10.0 Å². The number of nitrogens with one attached hydrogen (secondary N) is 1. The van der Waals surface area contributed by atoms with Crippen molar-refractivity contribution in [2.24, 2.45) is 10.9 Å². The Hall–Kier alpha value is -2.82. The fraction of sp³-hybridized carbons (Fsp3) is 0. The van der Waals surface area contributed by atoms with E-state index in [-0.39, 0.29) is 5.69 Å². The SMILES string of the molecule is NC(=O)c1nc(S(N)(=O)=O)cc2c1[nH]c1ccc(-c3nccs3)cc12. The molecule has 0 radical (unpaired) electrons. The van der Waals surface area contributed by atoms with Crippen LogP contribution in [0.25, 0.3) is 32.4 Å². The highest BCUT2D eigenvalue weighted by Crippen LogP contribution is 2.32. The molecule has 8 nitrogen and oxygen atoms in total. The highest BCUT2D eigenvalue weighted by molar-refractivity contribution is 7.89. The van der Waals surface area contributed by atoms with Crippen molar-refractivity contribution >= 4 is 49.1 Å². The van der Waals surface area contributed by atoms with E-state index in [1.54, 1.807) is 6.20 Å². The number of amides is 1. The standard InChI is InChI=1S/C15H11N5O3S2/c16-14(21)13-12-9(6-11(20-13)25(17,22)23)8-5-7(1-2-10(8)19-12)15-18-3-4-24-15/h1-6,19H,(H2,16,21)(H2,17,22,23). The molecule has 0 atom stereocenters. The monoisotopic (exact) mass is 373 g/mol. The molecule has 0 spiro atoms. The van der Waals surface area contributed by atoms with E-state index in [0.717, 1.165) is 16.0 Å². The Kier molecular flexibility index (Phi) is 3.35. The number of aromatic amines is 1. The summed E-state index contributed by atoms with van der Waals surface area (Å²) < 4.78 is 23.4. The van der Waals surface area contributed by atoms with Crippen molar-refractivity contribution in [1.82, 2.24) is 15.0 Å². The predicted octanol–water partition coefficient (Wildman–Crippen LogP) is 1.59. The first-order valence-electron chi connectivity index (χ1n) is 7.03. The Morgan fingerprint density at radius 1 is 1.20 bits per heavy atom. The van der Waals surface area contributed by atoms with Crippen LogP contribution in [0.15, 0.2) is 40.9 Å². The number of fused-ring (bicyclic) bond motifs is 3. The summed E-state index contributed by atoms with van der Waals surface area (Å²) in [5.41, 5.74) is 7.14. The lowest BCUT2D eigenvalue weighted by atomic mass is 10.1. The summed E-state index contributed by atoms with van der Waals surface area (Å²) >= 11 is 1.48. The minimum absolute atomic E-state index is 0.173. The minimum atomic E-state index is -4.09. The third-order valence-electron chi connectivity index (χ3n) is 3.77. The number of carbonyl (C=O) groups is 1. The maximum absolute atomic E-state index is 11.7. The molecule has 1 amide bonds. The van der Waals surface area contributed by atoms with Gasteiger partial charge in [0, 0.05) is 33.4 Å². The number of hydrogen-bond acceptors (Lipinski definition) is 6. The molecule has 0 saturated heterocycles. The predicted molar refractivity (Wildman–Crippen MR) is 94.6 cm³/mol. The molecule has 10 heteroatoms. The quantitative estimate of drug-likeness (QED) is 0.499. The molecular formula is C15H11N5O3S2. The van der Waals surface area contributed by atoms with Gasteiger partial charge in [0.2, 0.25) is 0 Å². The first-order valence-corrected chi connectivity index (χ1v) is 9.46. The number of thiazole rings is 1. The van der Waals surface area contributed by atoms with E-state index >= 15 is 0 Å². The van der Waals surface area contributed by atoms with Crippen LogP contribution in [0, 0.1) is 0 Å². The summed E-state index contributed by atoms with van der Waals surface area (Å²) in [6.07, 6.45) is 1.70. The lowest BCUT2D eigenvalue weighted by molar-refractivity contribution is 0.0996. The molecule has 3 heterocycles. The first-order chi connectivity index (χ1) is 11.8. The molecule has 0 saturated carbocycles. The van der Waals surface area contributed by atoms with Crippen LogP contribution in [0.4, 0.5) is 0 Å². The van der Waals surface area contributed by atoms with Gasteiger partial charge in [0.05, 0.1) is 5.52 Å². The Morgan fingerprint density at radius 2 is 2.00 bits per heavy atom. The molecule has 4 rings (SSSR count). The molecule has 0 fully saturated rings. The van der Waals surface area contributed by atoms with Crippen molar-refractivity contribution in [3.63, 3.8) is 0 Å². The van der Waals surface area contributed by atoms with Gasteiger partial charge >= 0.3 is 0 Å². The lowest BCUT2D eigenvalue weighted by Crippen LogP contribution is -2.19. The Bertz CT molecular complexity index is 1240. The average molecular weight is 373 g/mol. The Balaban J connectivity index is 2.11. The summed E-state index contributed by atoms with van der Waals surface area (Å²) in [5.74, 6) is -0.845. The molecular weight excluding hydrogens is 362 g/mol. The maximum Gasteiger partial charge on any atom is 0.269 e. The van der Waals surface area contributed by atoms with Crippen molar-refractivity contribution in [3.8, 4) is 10.6 Å². The van der Waals surface area contributed by atoms with Crippen molar-refractivity contribution in [3.05, 3.63) is 41.5 Å². The number of rotatable bonds is 3. The normalized spacial score (nSPS) is 12.0. The van der Waals surface area contributed by atoms with Gasteiger partial charge in [0.15, 0.2) is 10.7 Å². The van der Waals surface area contributed by atoms with E-state index in [4.69, 9.17) is 10.9 Å². The fourth-order valence-corrected chi connectivity index (χ4v) is 3.83. The third kappa shape index (κ3) is 2.56. The number of nitrogens with two attached hydrogens (primary N) is 2. The van der Waals surface area contributed by atoms with Crippen LogP contribution in [0.1, 0.15) is 10.5 Å². The number of H-pyrrole nitrogens is 1. The first kappa shape index (κ1) is 15.7. The van der Waals surface area contributed by atoms with Crippen LogP contribution < -0.4 is 10.9 Å². The zero-order chi connectivity index (χ0) is 17.8. The third-order valence-corrected chi connectivity index (χ3v) is 5.38. The van der Waals surface area contributed by atoms with Gasteiger partial charge in [0.1, 0.15) is 5.01 Å². The number of primary amides is 1. The maximum atomic E-state index is 11.7. The van der Waals surface area contributed by atoms with Gasteiger partial charge in [-0.3, -0.25) is 4.79 Å². The van der Waals surface area contributed by atoms with Gasteiger partial charge in [-0.05, 0) is 24.3 Å². The van der Waals surface area contributed by atoms with Crippen LogP contribution >= 0.6 is 11.3 Å². The zero-order valence-corrected chi connectivity index (χ0v) is 14.2. The van der Waals surface area contributed by atoms with Gasteiger partial charge in [0.25, 0.3) is 15.9 Å². The molecule has 0 unspecified atom stereocenters. The molecule has 0 aliphatic rings. The molecule has 1 aromatic carbocycles. The van der Waals surface area contributed by atoms with E-state index in [1.807, 2.05) is 23.6 Å². The van der Waals surface area contributed by atoms with E-state index in [9.17, 15) is 13.2 Å². The fourth-order valence-electron chi connectivity index (χ4n) is 2.69. The molecule has 4 aromatic rings. The van der Waals surface area contributed by atoms with Gasteiger partial charge in [-0.2, -0.15) is 0 Å². The van der Waals surface area contributed by atoms with E-state index in [2.05, 4.69) is 15.0 Å². The number of benzene rings is 1. The molecule has 25 heavy (non-hydrogen) atoms. The van der Waals surface area contributed by atoms with E-state index in [0.29, 0.717) is 16.4 Å². The van der Waals surface area contributed by atoms with Crippen molar-refractivity contribution in [2.45, 2.75) is 5.03 Å². The van der Waals surface area contributed by atoms with Gasteiger partial charge < -0.3 is 10.7 Å². The minimum Gasteiger partial charge on any atom is -0.364 e. The number of pyridine rings is 1. The Morgan fingerprint density at radius 3 is 2.64 bits per heavy atom. The topological polar surface area (TPSA) is 145 Å². The van der Waals surface area contributed by atoms with Crippen LogP contribution in [0.2, 0.25) is 0 Å². The second kappa shape index (κ2) is 5.34. The summed E-state index contributed by atoms with van der Waals surface area (Å²) in [5, 5.41) is 8.68. The number of aromatic nitrogens is 3. The molecule has 5 N–H and O–H groups in total. The van der Waals surface area contributed by atoms with Crippen molar-refractivity contribution in [2.75, 3.05) is 0 Å². The average Bonchev–Trinajstić information content (AvgIpc) is 3.19. The Labute approximate surface area is 145 Å². The summed E-state index contributed by atoms with van der Waals surface area (Å²) in [7, 11) is -4.09. The van der Waals surface area contributed by atoms with Crippen LogP contribution in [0.3, 0.4) is 0 Å². The van der Waals surface area contributed by atoms with Gasteiger partial charge in [-0.15, -0.1) is 11.3 Å². The zero-order valence-electron chi connectivity index (χ0n) is 12.6. The van der Waals surface area contributed by atoms with E-state index in [1.165, 1.54) is 17.4 Å². The number of primary sulfonamides is 1. The summed E-state index contributed by atoms with van der Waals surface area (Å²) in [6.45, 7) is 0. The molecule has 0 bridgehead atoms. The lowest BCUT2D eigenvalue weighted by Gasteiger charge is -2.02. The summed E-state index contributed by atoms with van der Waals surface area (Å²) in [4.78, 5) is 22.9. The van der Waals surface area contributed by atoms with Gasteiger partial charge in [-0.1, -0.05) is 0 Å². The molecule has 3 aromatic heterocycles. The van der Waals surface area contributed by atoms with Gasteiger partial charge in [-0.25, -0.2) is 23.5 Å². The second-order valence-corrected chi connectivity index (χ2v) is 7.77. The summed E-state index contributed by atoms with van der Waals surface area (Å²) in [6, 6.07) is 6.91. The largest absolute Gasteiger partial charge is 0.364 e. The van der Waals surface area contributed by atoms with Crippen LogP contribution in [0.5, 0.6) is 0 Å². The van der Waals surface area contributed by atoms with Crippen molar-refractivity contribution < 1.29 is 13.2 Å². The number of nitrogens with zero attached hydrogens (tertiary/aromatic N) is 2. The van der Waals surface area contributed by atoms with E-state index < -0.39 is 21.0 Å². The molecule has 126 valence electrons.